The summed E-state index contributed by atoms with van der Waals surface area (Å²) in [4.78, 5) is 4.47. The maximum Gasteiger partial charge on any atom is 0.0693 e. The van der Waals surface area contributed by atoms with Gasteiger partial charge in [-0.05, 0) is 18.1 Å². The lowest BCUT2D eigenvalue weighted by Crippen LogP contribution is -2.18. The minimum atomic E-state index is 0.255. The van der Waals surface area contributed by atoms with Gasteiger partial charge in [-0.15, -0.1) is 0 Å². The summed E-state index contributed by atoms with van der Waals surface area (Å²) in [7, 11) is 0. The lowest BCUT2D eigenvalue weighted by atomic mass is 10.1. The third-order valence-electron chi connectivity index (χ3n) is 2.03. The molecule has 0 aliphatic rings. The molecular formula is C12H17N3. The number of rotatable bonds is 3. The monoisotopic (exact) mass is 203 g/mol. The van der Waals surface area contributed by atoms with Crippen molar-refractivity contribution in [3.8, 4) is 0 Å². The quantitative estimate of drug-likeness (QED) is 0.739. The Balaban J connectivity index is 3.05. The van der Waals surface area contributed by atoms with E-state index in [2.05, 4.69) is 4.99 Å². The van der Waals surface area contributed by atoms with E-state index in [1.807, 2.05) is 44.2 Å². The van der Waals surface area contributed by atoms with Crippen LogP contribution in [0.15, 0.2) is 47.2 Å². The van der Waals surface area contributed by atoms with Gasteiger partial charge in [-0.25, -0.2) is 0 Å². The molecule has 0 bridgehead atoms. The van der Waals surface area contributed by atoms with Crippen LogP contribution in [0.2, 0.25) is 0 Å². The highest BCUT2D eigenvalue weighted by Gasteiger charge is 2.07. The number of hydrogen-bond acceptors (Lipinski definition) is 3. The molecule has 0 radical (unpaired) electrons. The molecule has 0 saturated heterocycles. The summed E-state index contributed by atoms with van der Waals surface area (Å²) in [6.45, 7) is 4.08. The van der Waals surface area contributed by atoms with E-state index in [0.717, 1.165) is 11.4 Å². The smallest absolute Gasteiger partial charge is 0.0693 e. The number of benzene rings is 1. The van der Waals surface area contributed by atoms with Crippen molar-refractivity contribution in [3.63, 3.8) is 0 Å². The molecule has 0 spiro atoms. The van der Waals surface area contributed by atoms with E-state index in [1.54, 1.807) is 0 Å². The molecule has 0 unspecified atom stereocenters. The third kappa shape index (κ3) is 3.13. The summed E-state index contributed by atoms with van der Waals surface area (Å²) in [5.74, 6) is 0.255. The highest BCUT2D eigenvalue weighted by molar-refractivity contribution is 6.02. The Morgan fingerprint density at radius 2 is 1.87 bits per heavy atom. The third-order valence-corrected chi connectivity index (χ3v) is 2.03. The first kappa shape index (κ1) is 11.3. The van der Waals surface area contributed by atoms with Crippen molar-refractivity contribution < 1.29 is 0 Å². The van der Waals surface area contributed by atoms with Crippen molar-refractivity contribution in [1.29, 1.82) is 0 Å². The van der Waals surface area contributed by atoms with Crippen LogP contribution in [-0.2, 0) is 0 Å². The van der Waals surface area contributed by atoms with Crippen molar-refractivity contribution in [2.75, 3.05) is 0 Å². The van der Waals surface area contributed by atoms with Crippen molar-refractivity contribution in [2.45, 2.75) is 13.8 Å². The molecule has 0 aromatic heterocycles. The summed E-state index contributed by atoms with van der Waals surface area (Å²) in [6, 6.07) is 9.72. The molecule has 1 rings (SSSR count). The zero-order chi connectivity index (χ0) is 11.3. The van der Waals surface area contributed by atoms with Gasteiger partial charge in [0, 0.05) is 6.20 Å². The molecule has 0 amide bonds. The van der Waals surface area contributed by atoms with Gasteiger partial charge in [0.2, 0.25) is 0 Å². The van der Waals surface area contributed by atoms with E-state index in [4.69, 9.17) is 11.5 Å². The summed E-state index contributed by atoms with van der Waals surface area (Å²) in [6.07, 6.45) is 1.39. The van der Waals surface area contributed by atoms with Gasteiger partial charge in [-0.2, -0.15) is 0 Å². The Kier molecular flexibility index (Phi) is 3.92. The average Bonchev–Trinajstić information content (AvgIpc) is 2.26. The van der Waals surface area contributed by atoms with E-state index in [9.17, 15) is 0 Å². The van der Waals surface area contributed by atoms with E-state index >= 15 is 0 Å². The van der Waals surface area contributed by atoms with E-state index in [-0.39, 0.29) is 5.92 Å². The van der Waals surface area contributed by atoms with E-state index in [0.29, 0.717) is 5.70 Å². The fraction of sp³-hybridized carbons (Fsp3) is 0.250. The maximum atomic E-state index is 5.77. The van der Waals surface area contributed by atoms with Gasteiger partial charge in [-0.1, -0.05) is 32.0 Å². The van der Waals surface area contributed by atoms with Crippen LogP contribution < -0.4 is 11.5 Å². The zero-order valence-electron chi connectivity index (χ0n) is 9.14. The minimum Gasteiger partial charge on any atom is -0.403 e. The normalized spacial score (nSPS) is 13.3. The number of aliphatic imine (C=N–C) groups is 1. The van der Waals surface area contributed by atoms with Crippen LogP contribution in [0.1, 0.15) is 13.8 Å². The first-order chi connectivity index (χ1) is 7.15. The SMILES string of the molecule is CC(C)C(=Nc1ccccc1)C(N)=CN. The van der Waals surface area contributed by atoms with Crippen molar-refractivity contribution in [2.24, 2.45) is 22.4 Å². The predicted molar refractivity (Wildman–Crippen MR) is 64.8 cm³/mol. The van der Waals surface area contributed by atoms with Gasteiger partial charge in [0.25, 0.3) is 0 Å². The summed E-state index contributed by atoms with van der Waals surface area (Å²) in [5, 5.41) is 0. The Hall–Kier alpha value is -1.77. The van der Waals surface area contributed by atoms with Crippen molar-refractivity contribution in [1.82, 2.24) is 0 Å². The van der Waals surface area contributed by atoms with Crippen LogP contribution in [-0.4, -0.2) is 5.71 Å². The molecule has 0 aliphatic carbocycles. The van der Waals surface area contributed by atoms with E-state index < -0.39 is 0 Å². The second-order valence-electron chi connectivity index (χ2n) is 3.61. The summed E-state index contributed by atoms with van der Waals surface area (Å²) in [5.41, 5.74) is 13.4. The molecule has 0 atom stereocenters. The molecule has 0 heterocycles. The average molecular weight is 203 g/mol. The van der Waals surface area contributed by atoms with Gasteiger partial charge in [0.1, 0.15) is 0 Å². The van der Waals surface area contributed by atoms with Crippen LogP contribution >= 0.6 is 0 Å². The van der Waals surface area contributed by atoms with Gasteiger partial charge in [0.05, 0.1) is 17.1 Å². The van der Waals surface area contributed by atoms with Crippen molar-refractivity contribution >= 4 is 11.4 Å². The van der Waals surface area contributed by atoms with Gasteiger partial charge < -0.3 is 11.5 Å². The lowest BCUT2D eigenvalue weighted by molar-refractivity contribution is 0.879. The number of nitrogens with zero attached hydrogens (tertiary/aromatic N) is 1. The van der Waals surface area contributed by atoms with Crippen LogP contribution in [0.25, 0.3) is 0 Å². The summed E-state index contributed by atoms with van der Waals surface area (Å²) >= 11 is 0. The highest BCUT2D eigenvalue weighted by Crippen LogP contribution is 2.14. The van der Waals surface area contributed by atoms with Crippen LogP contribution in [0, 0.1) is 5.92 Å². The Bertz CT molecular complexity index is 364. The van der Waals surface area contributed by atoms with Gasteiger partial charge in [-0.3, -0.25) is 4.99 Å². The first-order valence-corrected chi connectivity index (χ1v) is 4.96. The molecule has 3 heteroatoms. The molecule has 80 valence electrons. The number of nitrogens with two attached hydrogens (primary N) is 2. The Labute approximate surface area is 90.5 Å². The second kappa shape index (κ2) is 5.20. The van der Waals surface area contributed by atoms with Crippen LogP contribution in [0.3, 0.4) is 0 Å². The molecule has 3 nitrogen and oxygen atoms in total. The van der Waals surface area contributed by atoms with E-state index in [1.165, 1.54) is 6.20 Å². The number of hydrogen-bond donors (Lipinski definition) is 2. The van der Waals surface area contributed by atoms with Gasteiger partial charge in [0.15, 0.2) is 0 Å². The fourth-order valence-electron chi connectivity index (χ4n) is 1.25. The highest BCUT2D eigenvalue weighted by atomic mass is 14.8. The largest absolute Gasteiger partial charge is 0.403 e. The molecular weight excluding hydrogens is 186 g/mol. The minimum absolute atomic E-state index is 0.255. The number of para-hydroxylation sites is 1. The number of allylic oxidation sites excluding steroid dienone is 1. The molecule has 0 aliphatic heterocycles. The zero-order valence-corrected chi connectivity index (χ0v) is 9.14. The van der Waals surface area contributed by atoms with Crippen LogP contribution in [0.5, 0.6) is 0 Å². The molecule has 0 saturated carbocycles. The first-order valence-electron chi connectivity index (χ1n) is 4.96. The molecule has 1 aromatic carbocycles. The topological polar surface area (TPSA) is 64.4 Å². The summed E-state index contributed by atoms with van der Waals surface area (Å²) < 4.78 is 0. The molecule has 1 aromatic rings. The maximum absolute atomic E-state index is 5.77. The Morgan fingerprint density at radius 3 is 2.33 bits per heavy atom. The van der Waals surface area contributed by atoms with Crippen molar-refractivity contribution in [3.05, 3.63) is 42.2 Å². The molecule has 4 N–H and O–H groups in total. The second-order valence-corrected chi connectivity index (χ2v) is 3.61. The molecule has 15 heavy (non-hydrogen) atoms. The molecule has 0 fully saturated rings. The standard InChI is InChI=1S/C12H17N3/c1-9(2)12(11(14)8-13)15-10-6-4-3-5-7-10/h3-9H,13-14H2,1-2H3. The van der Waals surface area contributed by atoms with Gasteiger partial charge >= 0.3 is 0 Å². The van der Waals surface area contributed by atoms with Crippen LogP contribution in [0.4, 0.5) is 5.69 Å². The Morgan fingerprint density at radius 1 is 1.27 bits per heavy atom. The lowest BCUT2D eigenvalue weighted by Gasteiger charge is -2.09. The fourth-order valence-corrected chi connectivity index (χ4v) is 1.25. The predicted octanol–water partition coefficient (Wildman–Crippen LogP) is 2.17.